The molecule has 0 aliphatic rings. The van der Waals surface area contributed by atoms with Crippen LogP contribution in [-0.2, 0) is 0 Å². The standard InChI is InChI=1S/C15H10ClNO/c16-12-6-7-14-11(10-12)8-9-17(15(14)18)13-4-2-1-3-5-13/h1-10H. The molecule has 2 nitrogen and oxygen atoms in total. The predicted molar refractivity (Wildman–Crippen MR) is 74.6 cm³/mol. The van der Waals surface area contributed by atoms with E-state index in [9.17, 15) is 4.79 Å². The first-order valence-electron chi connectivity index (χ1n) is 5.62. The zero-order valence-electron chi connectivity index (χ0n) is 9.51. The average Bonchev–Trinajstić information content (AvgIpc) is 2.40. The van der Waals surface area contributed by atoms with E-state index >= 15 is 0 Å². The summed E-state index contributed by atoms with van der Waals surface area (Å²) >= 11 is 5.92. The highest BCUT2D eigenvalue weighted by Crippen LogP contribution is 2.17. The summed E-state index contributed by atoms with van der Waals surface area (Å²) in [6.07, 6.45) is 1.77. The molecule has 0 aliphatic heterocycles. The minimum Gasteiger partial charge on any atom is -0.284 e. The molecular weight excluding hydrogens is 246 g/mol. The van der Waals surface area contributed by atoms with Gasteiger partial charge in [0.05, 0.1) is 0 Å². The molecule has 0 amide bonds. The van der Waals surface area contributed by atoms with Gasteiger partial charge in [0, 0.05) is 22.3 Å². The smallest absolute Gasteiger partial charge is 0.262 e. The maximum Gasteiger partial charge on any atom is 0.262 e. The fourth-order valence-electron chi connectivity index (χ4n) is 2.01. The van der Waals surface area contributed by atoms with E-state index in [-0.39, 0.29) is 5.56 Å². The molecule has 0 atom stereocenters. The van der Waals surface area contributed by atoms with E-state index in [4.69, 9.17) is 11.6 Å². The van der Waals surface area contributed by atoms with E-state index in [1.165, 1.54) is 0 Å². The van der Waals surface area contributed by atoms with Crippen LogP contribution in [-0.4, -0.2) is 4.57 Å². The summed E-state index contributed by atoms with van der Waals surface area (Å²) in [7, 11) is 0. The normalized spacial score (nSPS) is 10.7. The molecule has 88 valence electrons. The third-order valence-corrected chi connectivity index (χ3v) is 3.14. The third-order valence-electron chi connectivity index (χ3n) is 2.90. The van der Waals surface area contributed by atoms with E-state index in [2.05, 4.69) is 0 Å². The van der Waals surface area contributed by atoms with Gasteiger partial charge < -0.3 is 0 Å². The Bertz CT molecular complexity index is 762. The number of halogens is 1. The number of fused-ring (bicyclic) bond motifs is 1. The molecule has 0 aliphatic carbocycles. The molecule has 0 radical (unpaired) electrons. The average molecular weight is 256 g/mol. The van der Waals surface area contributed by atoms with E-state index in [1.54, 1.807) is 29.0 Å². The van der Waals surface area contributed by atoms with Crippen LogP contribution in [0, 0.1) is 0 Å². The molecule has 0 N–H and O–H groups in total. The Hall–Kier alpha value is -2.06. The second-order valence-corrected chi connectivity index (χ2v) is 4.49. The molecule has 1 aromatic heterocycles. The topological polar surface area (TPSA) is 22.0 Å². The van der Waals surface area contributed by atoms with Crippen molar-refractivity contribution in [2.75, 3.05) is 0 Å². The van der Waals surface area contributed by atoms with Gasteiger partial charge in [-0.2, -0.15) is 0 Å². The lowest BCUT2D eigenvalue weighted by atomic mass is 10.1. The first-order valence-corrected chi connectivity index (χ1v) is 6.00. The molecule has 0 saturated heterocycles. The fraction of sp³-hybridized carbons (Fsp3) is 0. The maximum absolute atomic E-state index is 12.4. The molecule has 3 rings (SSSR count). The van der Waals surface area contributed by atoms with E-state index in [0.717, 1.165) is 11.1 Å². The number of para-hydroxylation sites is 1. The first kappa shape index (κ1) is 11.1. The molecule has 0 unspecified atom stereocenters. The van der Waals surface area contributed by atoms with Gasteiger partial charge >= 0.3 is 0 Å². The molecular formula is C15H10ClNO. The summed E-state index contributed by atoms with van der Waals surface area (Å²) in [6.45, 7) is 0. The highest BCUT2D eigenvalue weighted by atomic mass is 35.5. The van der Waals surface area contributed by atoms with Crippen LogP contribution < -0.4 is 5.56 Å². The third kappa shape index (κ3) is 1.81. The van der Waals surface area contributed by atoms with Gasteiger partial charge in [0.2, 0.25) is 0 Å². The van der Waals surface area contributed by atoms with Gasteiger partial charge in [-0.15, -0.1) is 0 Å². The van der Waals surface area contributed by atoms with Crippen molar-refractivity contribution in [2.24, 2.45) is 0 Å². The van der Waals surface area contributed by atoms with Crippen molar-refractivity contribution in [2.45, 2.75) is 0 Å². The quantitative estimate of drug-likeness (QED) is 0.651. The molecule has 2 aromatic carbocycles. The SMILES string of the molecule is O=c1c2ccc(Cl)cc2ccn1-c1ccccc1. The van der Waals surface area contributed by atoms with Crippen molar-refractivity contribution in [1.82, 2.24) is 4.57 Å². The van der Waals surface area contributed by atoms with Crippen LogP contribution in [0.2, 0.25) is 5.02 Å². The number of hydrogen-bond acceptors (Lipinski definition) is 1. The zero-order chi connectivity index (χ0) is 12.5. The number of benzene rings is 2. The number of hydrogen-bond donors (Lipinski definition) is 0. The molecule has 3 heteroatoms. The van der Waals surface area contributed by atoms with Gasteiger partial charge in [-0.3, -0.25) is 9.36 Å². The Morgan fingerprint density at radius 3 is 2.50 bits per heavy atom. The van der Waals surface area contributed by atoms with Crippen LogP contribution in [0.1, 0.15) is 0 Å². The van der Waals surface area contributed by atoms with Gasteiger partial charge in [-0.25, -0.2) is 0 Å². The molecule has 3 aromatic rings. The molecule has 1 heterocycles. The second-order valence-electron chi connectivity index (χ2n) is 4.06. The summed E-state index contributed by atoms with van der Waals surface area (Å²) < 4.78 is 1.64. The van der Waals surface area contributed by atoms with Gasteiger partial charge in [0.1, 0.15) is 0 Å². The number of rotatable bonds is 1. The number of nitrogens with zero attached hydrogens (tertiary/aromatic N) is 1. The first-order chi connectivity index (χ1) is 8.75. The fourth-order valence-corrected chi connectivity index (χ4v) is 2.19. The summed E-state index contributed by atoms with van der Waals surface area (Å²) in [4.78, 5) is 12.4. The van der Waals surface area contributed by atoms with Crippen molar-refractivity contribution in [1.29, 1.82) is 0 Å². The minimum atomic E-state index is -0.0321. The van der Waals surface area contributed by atoms with Gasteiger partial charge in [-0.1, -0.05) is 29.8 Å². The number of pyridine rings is 1. The summed E-state index contributed by atoms with van der Waals surface area (Å²) in [5.74, 6) is 0. The Morgan fingerprint density at radius 2 is 1.72 bits per heavy atom. The molecule has 18 heavy (non-hydrogen) atoms. The van der Waals surface area contributed by atoms with Crippen molar-refractivity contribution < 1.29 is 0 Å². The monoisotopic (exact) mass is 255 g/mol. The molecule has 0 bridgehead atoms. The van der Waals surface area contributed by atoms with Crippen LogP contribution in [0.4, 0.5) is 0 Å². The van der Waals surface area contributed by atoms with Crippen molar-refractivity contribution in [3.8, 4) is 5.69 Å². The predicted octanol–water partition coefficient (Wildman–Crippen LogP) is 3.64. The summed E-state index contributed by atoms with van der Waals surface area (Å²) in [5.41, 5.74) is 0.828. The van der Waals surface area contributed by atoms with Crippen LogP contribution in [0.3, 0.4) is 0 Å². The Kier molecular flexibility index (Phi) is 2.65. The van der Waals surface area contributed by atoms with Crippen molar-refractivity contribution in [3.05, 3.63) is 76.2 Å². The van der Waals surface area contributed by atoms with Crippen LogP contribution >= 0.6 is 11.6 Å². The summed E-state index contributed by atoms with van der Waals surface area (Å²) in [5, 5.41) is 2.17. The van der Waals surface area contributed by atoms with Gasteiger partial charge in [-0.05, 0) is 41.8 Å². The van der Waals surface area contributed by atoms with E-state index in [0.29, 0.717) is 10.4 Å². The highest BCUT2D eigenvalue weighted by molar-refractivity contribution is 6.31. The maximum atomic E-state index is 12.4. The Labute approximate surface area is 109 Å². The Morgan fingerprint density at radius 1 is 0.944 bits per heavy atom. The summed E-state index contributed by atoms with van der Waals surface area (Å²) in [6, 6.07) is 16.8. The minimum absolute atomic E-state index is 0.0321. The lowest BCUT2D eigenvalue weighted by molar-refractivity contribution is 1.01. The zero-order valence-corrected chi connectivity index (χ0v) is 10.3. The molecule has 0 saturated carbocycles. The highest BCUT2D eigenvalue weighted by Gasteiger charge is 2.04. The van der Waals surface area contributed by atoms with Crippen LogP contribution in [0.5, 0.6) is 0 Å². The lowest BCUT2D eigenvalue weighted by Crippen LogP contribution is -2.17. The molecule has 0 spiro atoms. The van der Waals surface area contributed by atoms with Crippen molar-refractivity contribution >= 4 is 22.4 Å². The van der Waals surface area contributed by atoms with E-state index < -0.39 is 0 Å². The largest absolute Gasteiger partial charge is 0.284 e. The van der Waals surface area contributed by atoms with Crippen molar-refractivity contribution in [3.63, 3.8) is 0 Å². The van der Waals surface area contributed by atoms with Gasteiger partial charge in [0.25, 0.3) is 5.56 Å². The van der Waals surface area contributed by atoms with Crippen LogP contribution in [0.25, 0.3) is 16.5 Å². The lowest BCUT2D eigenvalue weighted by Gasteiger charge is -2.07. The molecule has 0 fully saturated rings. The second kappa shape index (κ2) is 4.31. The van der Waals surface area contributed by atoms with Crippen LogP contribution in [0.15, 0.2) is 65.6 Å². The Balaban J connectivity index is 2.31. The van der Waals surface area contributed by atoms with Gasteiger partial charge in [0.15, 0.2) is 0 Å². The van der Waals surface area contributed by atoms with E-state index in [1.807, 2.05) is 36.4 Å². The number of aromatic nitrogens is 1.